The summed E-state index contributed by atoms with van der Waals surface area (Å²) in [4.78, 5) is 2.35. The largest absolute Gasteiger partial charge is 0.487 e. The van der Waals surface area contributed by atoms with Gasteiger partial charge in [0, 0.05) is 31.2 Å². The minimum atomic E-state index is -0.320. The van der Waals surface area contributed by atoms with Crippen molar-refractivity contribution in [2.45, 2.75) is 32.5 Å². The molecule has 1 heterocycles. The van der Waals surface area contributed by atoms with Gasteiger partial charge in [-0.3, -0.25) is 4.90 Å². The van der Waals surface area contributed by atoms with Gasteiger partial charge in [-0.05, 0) is 27.0 Å². The third kappa shape index (κ3) is 4.40. The molecule has 118 valence electrons. The number of ether oxygens (including phenoxy) is 2. The van der Waals surface area contributed by atoms with Gasteiger partial charge in [-0.15, -0.1) is 0 Å². The minimum absolute atomic E-state index is 0.0109. The van der Waals surface area contributed by atoms with Crippen molar-refractivity contribution in [1.82, 2.24) is 10.2 Å². The Bertz CT molecular complexity index is 454. The topological polar surface area (TPSA) is 33.7 Å². The summed E-state index contributed by atoms with van der Waals surface area (Å²) in [5, 5.41) is 3.03. The number of morpholine rings is 1. The van der Waals surface area contributed by atoms with E-state index in [-0.39, 0.29) is 11.9 Å². The smallest absolute Gasteiger partial charge is 0.165 e. The Morgan fingerprint density at radius 1 is 1.48 bits per heavy atom. The second-order valence-corrected chi connectivity index (χ2v) is 5.65. The highest BCUT2D eigenvalue weighted by Crippen LogP contribution is 2.23. The predicted octanol–water partition coefficient (Wildman–Crippen LogP) is 2.03. The van der Waals surface area contributed by atoms with E-state index in [9.17, 15) is 4.39 Å². The molecule has 1 aromatic carbocycles. The molecule has 0 spiro atoms. The van der Waals surface area contributed by atoms with E-state index >= 15 is 0 Å². The van der Waals surface area contributed by atoms with Crippen LogP contribution in [0.5, 0.6) is 5.75 Å². The van der Waals surface area contributed by atoms with Crippen LogP contribution < -0.4 is 10.1 Å². The second kappa shape index (κ2) is 7.73. The number of nitrogens with zero attached hydrogens (tertiary/aromatic N) is 1. The molecule has 5 heteroatoms. The van der Waals surface area contributed by atoms with Gasteiger partial charge in [0.25, 0.3) is 0 Å². The molecule has 0 aliphatic carbocycles. The highest BCUT2D eigenvalue weighted by Gasteiger charge is 2.23. The summed E-state index contributed by atoms with van der Waals surface area (Å²) in [7, 11) is 1.83. The number of nitrogens with one attached hydrogen (secondary N) is 1. The first-order valence-electron chi connectivity index (χ1n) is 7.52. The van der Waals surface area contributed by atoms with Gasteiger partial charge >= 0.3 is 0 Å². The number of rotatable bonds is 6. The normalized spacial score (nSPS) is 20.0. The average molecular weight is 296 g/mol. The number of hydrogen-bond acceptors (Lipinski definition) is 4. The average Bonchev–Trinajstić information content (AvgIpc) is 2.47. The Labute approximate surface area is 126 Å². The summed E-state index contributed by atoms with van der Waals surface area (Å²) < 4.78 is 25.4. The van der Waals surface area contributed by atoms with Gasteiger partial charge in [0.15, 0.2) is 11.6 Å². The summed E-state index contributed by atoms with van der Waals surface area (Å²) in [5.41, 5.74) is 0.828. The van der Waals surface area contributed by atoms with Crippen molar-refractivity contribution in [1.29, 1.82) is 0 Å². The van der Waals surface area contributed by atoms with Crippen LogP contribution in [-0.4, -0.2) is 50.4 Å². The van der Waals surface area contributed by atoms with Gasteiger partial charge in [0.1, 0.15) is 12.7 Å². The maximum absolute atomic E-state index is 13.9. The zero-order chi connectivity index (χ0) is 15.2. The molecule has 4 nitrogen and oxygen atoms in total. The molecular weight excluding hydrogens is 271 g/mol. The Kier molecular flexibility index (Phi) is 5.96. The molecule has 1 fully saturated rings. The Morgan fingerprint density at radius 2 is 2.29 bits per heavy atom. The van der Waals surface area contributed by atoms with Crippen molar-refractivity contribution in [3.63, 3.8) is 0 Å². The minimum Gasteiger partial charge on any atom is -0.487 e. The molecule has 0 bridgehead atoms. The summed E-state index contributed by atoms with van der Waals surface area (Å²) in [6.45, 7) is 7.77. The van der Waals surface area contributed by atoms with E-state index in [0.29, 0.717) is 31.5 Å². The molecule has 1 N–H and O–H groups in total. The molecule has 2 rings (SSSR count). The molecule has 1 aromatic rings. The van der Waals surface area contributed by atoms with Crippen LogP contribution in [0.15, 0.2) is 18.2 Å². The van der Waals surface area contributed by atoms with Gasteiger partial charge in [0.05, 0.1) is 6.61 Å². The molecule has 1 unspecified atom stereocenters. The lowest BCUT2D eigenvalue weighted by atomic mass is 10.2. The fraction of sp³-hybridized carbons (Fsp3) is 0.625. The van der Waals surface area contributed by atoms with Crippen LogP contribution in [0, 0.1) is 5.82 Å². The molecule has 0 saturated carbocycles. The quantitative estimate of drug-likeness (QED) is 0.871. The lowest BCUT2D eigenvalue weighted by molar-refractivity contribution is -0.0569. The van der Waals surface area contributed by atoms with Crippen LogP contribution in [-0.2, 0) is 11.3 Å². The van der Waals surface area contributed by atoms with Crippen molar-refractivity contribution in [2.75, 3.05) is 33.4 Å². The summed E-state index contributed by atoms with van der Waals surface area (Å²) >= 11 is 0. The molecule has 1 atom stereocenters. The van der Waals surface area contributed by atoms with E-state index in [1.807, 2.05) is 13.1 Å². The highest BCUT2D eigenvalue weighted by atomic mass is 19.1. The number of hydrogen-bond donors (Lipinski definition) is 1. The molecule has 0 amide bonds. The van der Waals surface area contributed by atoms with Gasteiger partial charge in [-0.25, -0.2) is 4.39 Å². The van der Waals surface area contributed by atoms with Crippen LogP contribution in [0.2, 0.25) is 0 Å². The van der Waals surface area contributed by atoms with Crippen LogP contribution in [0.25, 0.3) is 0 Å². The van der Waals surface area contributed by atoms with Crippen molar-refractivity contribution in [3.8, 4) is 5.75 Å². The van der Waals surface area contributed by atoms with E-state index in [2.05, 4.69) is 24.1 Å². The molecule has 21 heavy (non-hydrogen) atoms. The Hall–Kier alpha value is -1.17. The third-order valence-electron chi connectivity index (χ3n) is 3.73. The second-order valence-electron chi connectivity index (χ2n) is 5.65. The Morgan fingerprint density at radius 3 is 3.00 bits per heavy atom. The first kappa shape index (κ1) is 16.2. The van der Waals surface area contributed by atoms with Crippen LogP contribution in [0.3, 0.4) is 0 Å². The van der Waals surface area contributed by atoms with E-state index < -0.39 is 0 Å². The summed E-state index contributed by atoms with van der Waals surface area (Å²) in [5.74, 6) is 0.0106. The van der Waals surface area contributed by atoms with Crippen LogP contribution >= 0.6 is 0 Å². The molecule has 0 aromatic heterocycles. The van der Waals surface area contributed by atoms with Gasteiger partial charge < -0.3 is 14.8 Å². The van der Waals surface area contributed by atoms with E-state index in [4.69, 9.17) is 9.47 Å². The predicted molar refractivity (Wildman–Crippen MR) is 81.1 cm³/mol. The van der Waals surface area contributed by atoms with Crippen molar-refractivity contribution in [3.05, 3.63) is 29.6 Å². The van der Waals surface area contributed by atoms with Crippen molar-refractivity contribution in [2.24, 2.45) is 0 Å². The first-order chi connectivity index (χ1) is 10.1. The van der Waals surface area contributed by atoms with Gasteiger partial charge in [-0.1, -0.05) is 12.1 Å². The van der Waals surface area contributed by atoms with E-state index in [0.717, 1.165) is 18.7 Å². The number of para-hydroxylation sites is 1. The molecule has 1 aliphatic rings. The maximum atomic E-state index is 13.9. The highest BCUT2D eigenvalue weighted by molar-refractivity contribution is 5.34. The molecule has 0 radical (unpaired) electrons. The number of benzene rings is 1. The van der Waals surface area contributed by atoms with E-state index in [1.165, 1.54) is 6.07 Å². The monoisotopic (exact) mass is 296 g/mol. The zero-order valence-electron chi connectivity index (χ0n) is 13.1. The lowest BCUT2D eigenvalue weighted by Gasteiger charge is -2.35. The maximum Gasteiger partial charge on any atom is 0.165 e. The third-order valence-corrected chi connectivity index (χ3v) is 3.73. The summed E-state index contributed by atoms with van der Waals surface area (Å²) in [6, 6.07) is 5.49. The first-order valence-corrected chi connectivity index (χ1v) is 7.52. The molecular formula is C16H25FN2O2. The SMILES string of the molecule is CNCc1cccc(F)c1OCC1CN(C(C)C)CCO1. The number of halogens is 1. The Balaban J connectivity index is 1.96. The molecule has 1 aliphatic heterocycles. The lowest BCUT2D eigenvalue weighted by Crippen LogP contribution is -2.47. The fourth-order valence-electron chi connectivity index (χ4n) is 2.53. The van der Waals surface area contributed by atoms with E-state index in [1.54, 1.807) is 6.07 Å². The van der Waals surface area contributed by atoms with Crippen LogP contribution in [0.4, 0.5) is 4.39 Å². The fourth-order valence-corrected chi connectivity index (χ4v) is 2.53. The van der Waals surface area contributed by atoms with Crippen molar-refractivity contribution < 1.29 is 13.9 Å². The molecule has 1 saturated heterocycles. The van der Waals surface area contributed by atoms with Gasteiger partial charge in [0.2, 0.25) is 0 Å². The summed E-state index contributed by atoms with van der Waals surface area (Å²) in [6.07, 6.45) is -0.0109. The van der Waals surface area contributed by atoms with Crippen LogP contribution in [0.1, 0.15) is 19.4 Å². The zero-order valence-corrected chi connectivity index (χ0v) is 13.1. The van der Waals surface area contributed by atoms with Gasteiger partial charge in [-0.2, -0.15) is 0 Å². The standard InChI is InChI=1S/C16H25FN2O2/c1-12(2)19-7-8-20-14(10-19)11-21-16-13(9-18-3)5-4-6-15(16)17/h4-6,12,14,18H,7-11H2,1-3H3. The van der Waals surface area contributed by atoms with Crippen molar-refractivity contribution >= 4 is 0 Å².